The number of hydrogen-bond acceptors (Lipinski definition) is 5. The lowest BCUT2D eigenvalue weighted by molar-refractivity contribution is -0.141. The Kier molecular flexibility index (Phi) is 7.06. The Balaban J connectivity index is 1.47. The van der Waals surface area contributed by atoms with Gasteiger partial charge in [-0.05, 0) is 50.0 Å². The highest BCUT2D eigenvalue weighted by molar-refractivity contribution is 6.05. The molecular formula is C24H28F3N5O2. The van der Waals surface area contributed by atoms with Crippen LogP contribution in [0.15, 0.2) is 36.5 Å². The molecule has 1 saturated heterocycles. The number of nitrogens with one attached hydrogen (secondary N) is 1. The number of hydrogen-bond donors (Lipinski definition) is 1. The largest absolute Gasteiger partial charge is 0.494 e. The Morgan fingerprint density at radius 2 is 1.97 bits per heavy atom. The van der Waals surface area contributed by atoms with Crippen LogP contribution in [0.1, 0.15) is 42.4 Å². The average molecular weight is 476 g/mol. The number of nitrogens with zero attached hydrogens (tertiary/aromatic N) is 4. The van der Waals surface area contributed by atoms with E-state index in [-0.39, 0.29) is 5.69 Å². The molecule has 1 aliphatic heterocycles. The lowest BCUT2D eigenvalue weighted by Gasteiger charge is -2.31. The Morgan fingerprint density at radius 1 is 1.21 bits per heavy atom. The van der Waals surface area contributed by atoms with Gasteiger partial charge in [0.2, 0.25) is 0 Å². The molecule has 1 aliphatic rings. The SMILES string of the molecule is CCC1CCN(CCn2cc3cc(NC(=O)c4cccc(C(F)(F)F)n4)c(OC)cc3n2)CC1. The Hall–Kier alpha value is -3.14. The number of amides is 1. The lowest BCUT2D eigenvalue weighted by atomic mass is 9.94. The number of fused-ring (bicyclic) bond motifs is 1. The molecule has 7 nitrogen and oxygen atoms in total. The number of likely N-dealkylation sites (tertiary alicyclic amines) is 1. The van der Waals surface area contributed by atoms with Crippen LogP contribution in [-0.4, -0.2) is 52.3 Å². The molecule has 4 rings (SSSR count). The molecule has 1 fully saturated rings. The van der Waals surface area contributed by atoms with E-state index in [9.17, 15) is 18.0 Å². The van der Waals surface area contributed by atoms with E-state index in [2.05, 4.69) is 27.2 Å². The van der Waals surface area contributed by atoms with Crippen LogP contribution in [0.2, 0.25) is 0 Å². The average Bonchev–Trinajstić information content (AvgIpc) is 3.23. The van der Waals surface area contributed by atoms with Gasteiger partial charge >= 0.3 is 6.18 Å². The first kappa shape index (κ1) is 24.0. The van der Waals surface area contributed by atoms with E-state index in [0.29, 0.717) is 17.0 Å². The van der Waals surface area contributed by atoms with Crippen molar-refractivity contribution < 1.29 is 22.7 Å². The first-order valence-corrected chi connectivity index (χ1v) is 11.4. The van der Waals surface area contributed by atoms with E-state index in [1.54, 1.807) is 12.1 Å². The van der Waals surface area contributed by atoms with Crippen LogP contribution in [-0.2, 0) is 12.7 Å². The summed E-state index contributed by atoms with van der Waals surface area (Å²) in [4.78, 5) is 18.5. The van der Waals surface area contributed by atoms with Gasteiger partial charge < -0.3 is 15.0 Å². The molecule has 0 atom stereocenters. The molecular weight excluding hydrogens is 447 g/mol. The van der Waals surface area contributed by atoms with Crippen LogP contribution in [0.4, 0.5) is 18.9 Å². The van der Waals surface area contributed by atoms with Gasteiger partial charge in [-0.2, -0.15) is 18.3 Å². The van der Waals surface area contributed by atoms with E-state index in [1.165, 1.54) is 32.4 Å². The second kappa shape index (κ2) is 10.0. The van der Waals surface area contributed by atoms with Crippen LogP contribution in [0, 0.1) is 5.92 Å². The number of carbonyl (C=O) groups excluding carboxylic acids is 1. The topological polar surface area (TPSA) is 72.3 Å². The summed E-state index contributed by atoms with van der Waals surface area (Å²) in [6, 6.07) is 6.62. The fourth-order valence-electron chi connectivity index (χ4n) is 4.25. The minimum Gasteiger partial charge on any atom is -0.494 e. The standard InChI is InChI=1S/C24H28F3N5O2/c1-3-16-7-9-31(10-8-16)11-12-32-15-17-13-20(21(34-2)14-19(17)30-32)29-23(33)18-5-4-6-22(28-18)24(25,26)27/h4-6,13-16H,3,7-12H2,1-2H3,(H,29,33). The fraction of sp³-hybridized carbons (Fsp3) is 0.458. The van der Waals surface area contributed by atoms with Gasteiger partial charge in [0.25, 0.3) is 5.91 Å². The predicted octanol–water partition coefficient (Wildman–Crippen LogP) is 4.83. The third-order valence-corrected chi connectivity index (χ3v) is 6.32. The maximum Gasteiger partial charge on any atom is 0.433 e. The molecule has 182 valence electrons. The van der Waals surface area contributed by atoms with Gasteiger partial charge in [-0.25, -0.2) is 4.98 Å². The zero-order valence-electron chi connectivity index (χ0n) is 19.2. The van der Waals surface area contributed by atoms with Gasteiger partial charge in [-0.1, -0.05) is 19.4 Å². The minimum absolute atomic E-state index is 0.334. The van der Waals surface area contributed by atoms with Crippen LogP contribution in [0.25, 0.3) is 10.9 Å². The van der Waals surface area contributed by atoms with E-state index in [1.807, 2.05) is 10.9 Å². The summed E-state index contributed by atoms with van der Waals surface area (Å²) in [5.74, 6) is 0.433. The monoisotopic (exact) mass is 475 g/mol. The molecule has 10 heteroatoms. The molecule has 3 aromatic rings. The fourth-order valence-corrected chi connectivity index (χ4v) is 4.25. The molecule has 0 radical (unpaired) electrons. The summed E-state index contributed by atoms with van der Waals surface area (Å²) in [5.41, 5.74) is -0.417. The lowest BCUT2D eigenvalue weighted by Crippen LogP contribution is -2.35. The van der Waals surface area contributed by atoms with E-state index in [0.717, 1.165) is 49.6 Å². The number of pyridine rings is 1. The molecule has 2 aromatic heterocycles. The number of aromatic nitrogens is 3. The molecule has 1 amide bonds. The number of methoxy groups -OCH3 is 1. The highest BCUT2D eigenvalue weighted by Crippen LogP contribution is 2.31. The molecule has 0 aliphatic carbocycles. The highest BCUT2D eigenvalue weighted by atomic mass is 19.4. The van der Waals surface area contributed by atoms with Gasteiger partial charge in [-0.15, -0.1) is 0 Å². The van der Waals surface area contributed by atoms with Gasteiger partial charge in [0.1, 0.15) is 17.1 Å². The van der Waals surface area contributed by atoms with Gasteiger partial charge in [0.15, 0.2) is 0 Å². The van der Waals surface area contributed by atoms with Crippen LogP contribution >= 0.6 is 0 Å². The first-order chi connectivity index (χ1) is 16.3. The maximum absolute atomic E-state index is 12.9. The Morgan fingerprint density at radius 3 is 2.65 bits per heavy atom. The second-order valence-corrected chi connectivity index (χ2v) is 8.56. The van der Waals surface area contributed by atoms with Crippen molar-refractivity contribution in [3.63, 3.8) is 0 Å². The quantitative estimate of drug-likeness (QED) is 0.530. The molecule has 0 spiro atoms. The van der Waals surface area contributed by atoms with Gasteiger partial charge in [0.05, 0.1) is 24.9 Å². The third-order valence-electron chi connectivity index (χ3n) is 6.32. The summed E-state index contributed by atoms with van der Waals surface area (Å²) < 4.78 is 46.1. The van der Waals surface area contributed by atoms with Crippen molar-refractivity contribution in [3.05, 3.63) is 47.9 Å². The van der Waals surface area contributed by atoms with Crippen LogP contribution in [0.5, 0.6) is 5.75 Å². The number of alkyl halides is 3. The number of benzene rings is 1. The van der Waals surface area contributed by atoms with E-state index >= 15 is 0 Å². The predicted molar refractivity (Wildman–Crippen MR) is 123 cm³/mol. The second-order valence-electron chi connectivity index (χ2n) is 8.56. The van der Waals surface area contributed by atoms with Crippen molar-refractivity contribution in [1.82, 2.24) is 19.7 Å². The smallest absolute Gasteiger partial charge is 0.433 e. The van der Waals surface area contributed by atoms with Crippen molar-refractivity contribution in [2.24, 2.45) is 5.92 Å². The van der Waals surface area contributed by atoms with Crippen molar-refractivity contribution in [1.29, 1.82) is 0 Å². The number of carbonyl (C=O) groups is 1. The zero-order valence-corrected chi connectivity index (χ0v) is 19.2. The summed E-state index contributed by atoms with van der Waals surface area (Å²) in [7, 11) is 1.45. The van der Waals surface area contributed by atoms with E-state index < -0.39 is 17.8 Å². The van der Waals surface area contributed by atoms with Crippen molar-refractivity contribution in [2.75, 3.05) is 32.1 Å². The number of anilines is 1. The molecule has 3 heterocycles. The first-order valence-electron chi connectivity index (χ1n) is 11.4. The zero-order chi connectivity index (χ0) is 24.3. The van der Waals surface area contributed by atoms with Crippen molar-refractivity contribution in [3.8, 4) is 5.75 Å². The normalized spacial score (nSPS) is 15.6. The molecule has 0 saturated carbocycles. The minimum atomic E-state index is -4.63. The van der Waals surface area contributed by atoms with Gasteiger partial charge in [-0.3, -0.25) is 9.48 Å². The molecule has 1 aromatic carbocycles. The van der Waals surface area contributed by atoms with Crippen molar-refractivity contribution >= 4 is 22.5 Å². The summed E-state index contributed by atoms with van der Waals surface area (Å²) in [6.07, 6.45) is 0.971. The van der Waals surface area contributed by atoms with Gasteiger partial charge in [0, 0.05) is 24.2 Å². The van der Waals surface area contributed by atoms with Crippen LogP contribution in [0.3, 0.4) is 0 Å². The molecule has 1 N–H and O–H groups in total. The molecule has 34 heavy (non-hydrogen) atoms. The summed E-state index contributed by atoms with van der Waals surface area (Å²) in [6.45, 7) is 6.10. The highest BCUT2D eigenvalue weighted by Gasteiger charge is 2.33. The Bertz CT molecular complexity index is 1150. The van der Waals surface area contributed by atoms with Crippen molar-refractivity contribution in [2.45, 2.75) is 38.9 Å². The third kappa shape index (κ3) is 5.49. The number of piperidine rings is 1. The van der Waals surface area contributed by atoms with E-state index in [4.69, 9.17) is 4.74 Å². The molecule has 0 unspecified atom stereocenters. The molecule has 0 bridgehead atoms. The number of ether oxygens (including phenoxy) is 1. The number of halogens is 3. The summed E-state index contributed by atoms with van der Waals surface area (Å²) in [5, 5.41) is 8.02. The summed E-state index contributed by atoms with van der Waals surface area (Å²) >= 11 is 0. The number of rotatable bonds is 7. The maximum atomic E-state index is 12.9. The Labute approximate surface area is 195 Å². The van der Waals surface area contributed by atoms with Crippen LogP contribution < -0.4 is 10.1 Å².